The number of urea groups is 1. The van der Waals surface area contributed by atoms with E-state index in [-0.39, 0.29) is 0 Å². The molecular weight excluding hydrogens is 300 g/mol. The molecule has 110 valence electrons. The van der Waals surface area contributed by atoms with Crippen molar-refractivity contribution in [2.45, 2.75) is 19.4 Å². The molecule has 0 aliphatic heterocycles. The van der Waals surface area contributed by atoms with Crippen molar-refractivity contribution in [3.63, 3.8) is 0 Å². The summed E-state index contributed by atoms with van der Waals surface area (Å²) in [5.74, 6) is -0.385. The predicted molar refractivity (Wildman–Crippen MR) is 82.8 cm³/mol. The summed E-state index contributed by atoms with van der Waals surface area (Å²) in [6.45, 7) is 1.86. The highest BCUT2D eigenvalue weighted by molar-refractivity contribution is 7.98. The fourth-order valence-electron chi connectivity index (χ4n) is 1.49. The number of aliphatic carboxylic acids is 1. The molecule has 0 aliphatic carbocycles. The van der Waals surface area contributed by atoms with Crippen molar-refractivity contribution in [1.29, 1.82) is 0 Å². The van der Waals surface area contributed by atoms with Crippen LogP contribution in [-0.2, 0) is 4.79 Å². The fourth-order valence-corrected chi connectivity index (χ4v) is 2.14. The van der Waals surface area contributed by atoms with Crippen LogP contribution in [0.4, 0.5) is 10.5 Å². The highest BCUT2D eigenvalue weighted by Gasteiger charge is 2.19. The van der Waals surface area contributed by atoms with Crippen LogP contribution >= 0.6 is 23.4 Å². The number of rotatable bonds is 6. The highest BCUT2D eigenvalue weighted by atomic mass is 35.5. The van der Waals surface area contributed by atoms with Gasteiger partial charge in [-0.2, -0.15) is 11.8 Å². The normalized spacial score (nSPS) is 11.8. The molecule has 5 nitrogen and oxygen atoms in total. The molecule has 0 saturated heterocycles. The maximum Gasteiger partial charge on any atom is 0.326 e. The summed E-state index contributed by atoms with van der Waals surface area (Å²) in [5, 5.41) is 14.6. The summed E-state index contributed by atoms with van der Waals surface area (Å²) >= 11 is 7.48. The molecule has 1 rings (SSSR count). The van der Waals surface area contributed by atoms with Gasteiger partial charge in [-0.3, -0.25) is 0 Å². The van der Waals surface area contributed by atoms with Gasteiger partial charge in [0.15, 0.2) is 0 Å². The summed E-state index contributed by atoms with van der Waals surface area (Å²) in [7, 11) is 0. The Morgan fingerprint density at radius 1 is 1.45 bits per heavy atom. The first kappa shape index (κ1) is 16.7. The Labute approximate surface area is 127 Å². The van der Waals surface area contributed by atoms with Crippen LogP contribution < -0.4 is 10.6 Å². The number of anilines is 1. The number of hydrogen-bond donors (Lipinski definition) is 3. The molecule has 1 atom stereocenters. The zero-order chi connectivity index (χ0) is 15.1. The van der Waals surface area contributed by atoms with Crippen LogP contribution in [-0.4, -0.2) is 35.2 Å². The first-order valence-corrected chi connectivity index (χ1v) is 7.76. The average molecular weight is 317 g/mol. The maximum absolute atomic E-state index is 11.8. The second-order valence-electron chi connectivity index (χ2n) is 4.23. The predicted octanol–water partition coefficient (Wildman–Crippen LogP) is 2.98. The molecule has 1 aromatic rings. The SMILES string of the molecule is CSCC[C@H](NC(=O)Nc1ccc(C)c(Cl)c1)C(=O)O. The smallest absolute Gasteiger partial charge is 0.326 e. The maximum atomic E-state index is 11.8. The second kappa shape index (κ2) is 8.01. The van der Waals surface area contributed by atoms with Gasteiger partial charge in [0.25, 0.3) is 0 Å². The first-order valence-electron chi connectivity index (χ1n) is 5.99. The Kier molecular flexibility index (Phi) is 6.67. The molecule has 3 N–H and O–H groups in total. The van der Waals surface area contributed by atoms with Gasteiger partial charge in [-0.15, -0.1) is 0 Å². The average Bonchev–Trinajstić information content (AvgIpc) is 2.38. The Balaban J connectivity index is 2.60. The molecule has 0 spiro atoms. The van der Waals surface area contributed by atoms with Gasteiger partial charge >= 0.3 is 12.0 Å². The zero-order valence-corrected chi connectivity index (χ0v) is 12.8. The third kappa shape index (κ3) is 5.30. The molecule has 0 bridgehead atoms. The van der Waals surface area contributed by atoms with Gasteiger partial charge in [0.2, 0.25) is 0 Å². The van der Waals surface area contributed by atoms with E-state index in [1.807, 2.05) is 13.2 Å². The van der Waals surface area contributed by atoms with Gasteiger partial charge in [-0.25, -0.2) is 9.59 Å². The van der Waals surface area contributed by atoms with E-state index in [4.69, 9.17) is 16.7 Å². The number of halogens is 1. The Morgan fingerprint density at radius 2 is 2.15 bits per heavy atom. The number of nitrogens with one attached hydrogen (secondary N) is 2. The van der Waals surface area contributed by atoms with E-state index in [9.17, 15) is 9.59 Å². The molecule has 0 saturated carbocycles. The lowest BCUT2D eigenvalue weighted by Gasteiger charge is -2.15. The van der Waals surface area contributed by atoms with Crippen molar-refractivity contribution in [2.24, 2.45) is 0 Å². The number of carbonyl (C=O) groups excluding carboxylic acids is 1. The molecule has 0 aliphatic rings. The Hall–Kier alpha value is -1.40. The zero-order valence-electron chi connectivity index (χ0n) is 11.3. The van der Waals surface area contributed by atoms with Crippen LogP contribution in [0.1, 0.15) is 12.0 Å². The van der Waals surface area contributed by atoms with E-state index in [1.165, 1.54) is 11.8 Å². The topological polar surface area (TPSA) is 78.4 Å². The first-order chi connectivity index (χ1) is 9.43. The van der Waals surface area contributed by atoms with Crippen molar-refractivity contribution in [2.75, 3.05) is 17.3 Å². The quantitative estimate of drug-likeness (QED) is 0.754. The van der Waals surface area contributed by atoms with Crippen LogP contribution in [0.5, 0.6) is 0 Å². The van der Waals surface area contributed by atoms with Crippen molar-refractivity contribution in [3.8, 4) is 0 Å². The number of carbonyl (C=O) groups is 2. The Morgan fingerprint density at radius 3 is 2.70 bits per heavy atom. The van der Waals surface area contributed by atoms with E-state index in [0.29, 0.717) is 22.9 Å². The molecule has 0 heterocycles. The number of amides is 2. The molecule has 0 radical (unpaired) electrons. The third-order valence-electron chi connectivity index (χ3n) is 2.64. The lowest BCUT2D eigenvalue weighted by Crippen LogP contribution is -2.43. The van der Waals surface area contributed by atoms with Gasteiger partial charge in [-0.05, 0) is 43.0 Å². The van der Waals surface area contributed by atoms with E-state index in [2.05, 4.69) is 10.6 Å². The highest BCUT2D eigenvalue weighted by Crippen LogP contribution is 2.19. The largest absolute Gasteiger partial charge is 0.480 e. The Bertz CT molecular complexity index is 497. The van der Waals surface area contributed by atoms with E-state index in [1.54, 1.807) is 18.2 Å². The molecular formula is C13H17ClN2O3S. The number of carboxylic acids is 1. The third-order valence-corrected chi connectivity index (χ3v) is 3.69. The van der Waals surface area contributed by atoms with Crippen molar-refractivity contribution >= 4 is 41.1 Å². The van der Waals surface area contributed by atoms with Gasteiger partial charge < -0.3 is 15.7 Å². The van der Waals surface area contributed by atoms with E-state index >= 15 is 0 Å². The number of aryl methyl sites for hydroxylation is 1. The standard InChI is InChI=1S/C13H17ClN2O3S/c1-8-3-4-9(7-10(8)14)15-13(19)16-11(12(17)18)5-6-20-2/h3-4,7,11H,5-6H2,1-2H3,(H,17,18)(H2,15,16,19)/t11-/m0/s1. The number of benzene rings is 1. The van der Waals surface area contributed by atoms with Gasteiger partial charge in [0.05, 0.1) is 0 Å². The van der Waals surface area contributed by atoms with Crippen molar-refractivity contribution < 1.29 is 14.7 Å². The van der Waals surface area contributed by atoms with E-state index < -0.39 is 18.0 Å². The molecule has 1 aromatic carbocycles. The molecule has 0 aromatic heterocycles. The monoisotopic (exact) mass is 316 g/mol. The number of thioether (sulfide) groups is 1. The molecule has 20 heavy (non-hydrogen) atoms. The van der Waals surface area contributed by atoms with Gasteiger partial charge in [0.1, 0.15) is 6.04 Å². The molecule has 0 fully saturated rings. The minimum Gasteiger partial charge on any atom is -0.480 e. The molecule has 0 unspecified atom stereocenters. The van der Waals surface area contributed by atoms with E-state index in [0.717, 1.165) is 5.56 Å². The minimum atomic E-state index is -1.05. The molecule has 2 amide bonds. The fraction of sp³-hybridized carbons (Fsp3) is 0.385. The number of hydrogen-bond acceptors (Lipinski definition) is 3. The lowest BCUT2D eigenvalue weighted by molar-refractivity contribution is -0.139. The molecule has 7 heteroatoms. The summed E-state index contributed by atoms with van der Waals surface area (Å²) in [4.78, 5) is 22.8. The van der Waals surface area contributed by atoms with Crippen LogP contribution in [0.2, 0.25) is 5.02 Å². The summed E-state index contributed by atoms with van der Waals surface area (Å²) < 4.78 is 0. The minimum absolute atomic E-state index is 0.374. The van der Waals surface area contributed by atoms with Crippen molar-refractivity contribution in [3.05, 3.63) is 28.8 Å². The van der Waals surface area contributed by atoms with Gasteiger partial charge in [0, 0.05) is 10.7 Å². The van der Waals surface area contributed by atoms with Crippen LogP contribution in [0, 0.1) is 6.92 Å². The number of carboxylic acid groups (broad SMARTS) is 1. The lowest BCUT2D eigenvalue weighted by atomic mass is 10.2. The van der Waals surface area contributed by atoms with Crippen LogP contribution in [0.15, 0.2) is 18.2 Å². The second-order valence-corrected chi connectivity index (χ2v) is 5.63. The van der Waals surface area contributed by atoms with Crippen LogP contribution in [0.3, 0.4) is 0 Å². The summed E-state index contributed by atoms with van der Waals surface area (Å²) in [5.41, 5.74) is 1.42. The van der Waals surface area contributed by atoms with Crippen molar-refractivity contribution in [1.82, 2.24) is 5.32 Å². The summed E-state index contributed by atoms with van der Waals surface area (Å²) in [6.07, 6.45) is 2.26. The summed E-state index contributed by atoms with van der Waals surface area (Å²) in [6, 6.07) is 3.65. The van der Waals surface area contributed by atoms with Crippen LogP contribution in [0.25, 0.3) is 0 Å². The van der Waals surface area contributed by atoms with Gasteiger partial charge in [-0.1, -0.05) is 17.7 Å².